The highest BCUT2D eigenvalue weighted by Gasteiger charge is 2.64. The fourth-order valence-electron chi connectivity index (χ4n) is 7.97. The van der Waals surface area contributed by atoms with Crippen LogP contribution in [0.5, 0.6) is 0 Å². The number of epoxide rings is 2. The molecule has 23 heteroatoms. The molecule has 4 bridgehead atoms. The van der Waals surface area contributed by atoms with Gasteiger partial charge in [-0.15, -0.1) is 0 Å². The van der Waals surface area contributed by atoms with Crippen LogP contribution in [0.3, 0.4) is 0 Å². The summed E-state index contributed by atoms with van der Waals surface area (Å²) < 4.78 is 74.6. The molecule has 0 amide bonds. The molecule has 0 aromatic carbocycles. The average Bonchev–Trinajstić information content (AvgIpc) is 4.08. The normalized spacial score (nSPS) is 43.6. The van der Waals surface area contributed by atoms with E-state index in [0.29, 0.717) is 13.2 Å². The van der Waals surface area contributed by atoms with Crippen molar-refractivity contribution in [2.24, 2.45) is 23.7 Å². The van der Waals surface area contributed by atoms with Crippen LogP contribution in [-0.4, -0.2) is 164 Å². The first kappa shape index (κ1) is 48.3. The summed E-state index contributed by atoms with van der Waals surface area (Å²) in [5.41, 5.74) is 0. The molecule has 0 aliphatic carbocycles. The lowest BCUT2D eigenvalue weighted by Gasteiger charge is -2.44. The van der Waals surface area contributed by atoms with E-state index in [1.807, 2.05) is 27.7 Å². The SMILES string of the molecule is CC(=O)OCC1OC(OC(=N)C(Cl)(Cl)Cl)[C@@H](OC(C)=O)C(C)[C@@H]1C.CC(=O)OCC1O[C@@H](O[C@@H]2C3CO[C@H](O3)C3O[C@@H]32)[C@@H](OC(C)=O)C(C)[C@@H]1C.O[C@@H]1C2CO[C@H](O2)C2O[C@@H]21. The molecule has 8 aliphatic heterocycles. The van der Waals surface area contributed by atoms with Crippen molar-refractivity contribution in [3.63, 3.8) is 0 Å². The number of carbonyl (C=O) groups excluding carboxylic acids is 4. The van der Waals surface area contributed by atoms with Crippen molar-refractivity contribution < 1.29 is 90.6 Å². The molecule has 8 aliphatic rings. The molecule has 8 saturated heterocycles. The number of ether oxygens (including phenoxy) is 14. The number of rotatable bonds is 9. The summed E-state index contributed by atoms with van der Waals surface area (Å²) in [5, 5.41) is 17.1. The minimum atomic E-state index is -2.08. The molecule has 61 heavy (non-hydrogen) atoms. The number of hydrogen-bond donors (Lipinski definition) is 2. The Labute approximate surface area is 367 Å². The van der Waals surface area contributed by atoms with Crippen molar-refractivity contribution in [3.05, 3.63) is 0 Å². The molecule has 346 valence electrons. The van der Waals surface area contributed by atoms with Crippen molar-refractivity contribution in [1.29, 1.82) is 5.41 Å². The van der Waals surface area contributed by atoms with Crippen LogP contribution in [0, 0.1) is 29.1 Å². The van der Waals surface area contributed by atoms with E-state index < -0.39 is 64.6 Å². The van der Waals surface area contributed by atoms with Crippen LogP contribution >= 0.6 is 34.8 Å². The van der Waals surface area contributed by atoms with Crippen LogP contribution in [0.2, 0.25) is 0 Å². The molecule has 0 aromatic rings. The summed E-state index contributed by atoms with van der Waals surface area (Å²) in [6, 6.07) is 0. The van der Waals surface area contributed by atoms with E-state index in [-0.39, 0.29) is 104 Å². The monoisotopic (exact) mass is 933 g/mol. The number of esters is 4. The smallest absolute Gasteiger partial charge is 0.303 e. The molecule has 9 unspecified atom stereocenters. The number of aliphatic hydroxyl groups is 1. The average molecular weight is 935 g/mol. The Morgan fingerprint density at radius 3 is 1.56 bits per heavy atom. The summed E-state index contributed by atoms with van der Waals surface area (Å²) in [4.78, 5) is 45.2. The maximum atomic E-state index is 11.6. The van der Waals surface area contributed by atoms with Gasteiger partial charge in [0.25, 0.3) is 3.79 Å². The van der Waals surface area contributed by atoms with Gasteiger partial charge in [-0.05, 0) is 11.8 Å². The zero-order valence-corrected chi connectivity index (χ0v) is 37.1. The third-order valence-corrected chi connectivity index (χ3v) is 12.4. The van der Waals surface area contributed by atoms with Crippen LogP contribution in [0.1, 0.15) is 55.4 Å². The van der Waals surface area contributed by atoms with E-state index in [1.165, 1.54) is 27.7 Å². The van der Waals surface area contributed by atoms with Gasteiger partial charge in [0.1, 0.15) is 62.0 Å². The van der Waals surface area contributed by atoms with Crippen molar-refractivity contribution in [3.8, 4) is 0 Å². The van der Waals surface area contributed by atoms with E-state index in [0.717, 1.165) is 0 Å². The second-order valence-electron chi connectivity index (χ2n) is 16.2. The number of fused-ring (bicyclic) bond motifs is 8. The number of hydrogen-bond acceptors (Lipinski definition) is 20. The molecule has 20 nitrogen and oxygen atoms in total. The zero-order chi connectivity index (χ0) is 44.7. The topological polar surface area (TPSA) is 248 Å². The van der Waals surface area contributed by atoms with Gasteiger partial charge < -0.3 is 71.4 Å². The van der Waals surface area contributed by atoms with Crippen molar-refractivity contribution in [2.75, 3.05) is 26.4 Å². The highest BCUT2D eigenvalue weighted by molar-refractivity contribution is 6.76. The molecule has 0 radical (unpaired) electrons. The van der Waals surface area contributed by atoms with Gasteiger partial charge in [0.15, 0.2) is 31.1 Å². The summed E-state index contributed by atoms with van der Waals surface area (Å²) in [6.07, 6.45) is -6.24. The fourth-order valence-corrected chi connectivity index (χ4v) is 8.10. The molecule has 0 aromatic heterocycles. The second kappa shape index (κ2) is 19.9. The fraction of sp³-hybridized carbons (Fsp3) is 0.868. The van der Waals surface area contributed by atoms with Gasteiger partial charge in [-0.3, -0.25) is 24.6 Å². The number of aliphatic hydroxyl groups excluding tert-OH is 1. The lowest BCUT2D eigenvalue weighted by Crippen LogP contribution is -2.56. The number of carbonyl (C=O) groups is 4. The first-order valence-corrected chi connectivity index (χ1v) is 21.2. The number of halogens is 3. The Morgan fingerprint density at radius 2 is 1.05 bits per heavy atom. The van der Waals surface area contributed by atoms with Crippen LogP contribution in [0.15, 0.2) is 0 Å². The van der Waals surface area contributed by atoms with Crippen LogP contribution in [0.4, 0.5) is 0 Å². The van der Waals surface area contributed by atoms with Gasteiger partial charge >= 0.3 is 23.9 Å². The van der Waals surface area contributed by atoms with Crippen LogP contribution in [0.25, 0.3) is 0 Å². The van der Waals surface area contributed by atoms with E-state index in [9.17, 15) is 24.3 Å². The van der Waals surface area contributed by atoms with Gasteiger partial charge in [0.05, 0.1) is 25.4 Å². The highest BCUT2D eigenvalue weighted by Crippen LogP contribution is 2.45. The minimum absolute atomic E-state index is 0.000253. The molecular weight excluding hydrogens is 881 g/mol. The number of nitrogens with one attached hydrogen (secondary N) is 1. The van der Waals surface area contributed by atoms with Crippen LogP contribution < -0.4 is 0 Å². The van der Waals surface area contributed by atoms with E-state index in [2.05, 4.69) is 0 Å². The van der Waals surface area contributed by atoms with Gasteiger partial charge in [0.2, 0.25) is 12.2 Å². The standard InChI is InChI=1S/C18H26O9.C14H20Cl3NO6.C6H8O4/c1-7-8(2)13(23-10(4)20)18(24-11(7)5-21-9(3)19)27-14-12-6-22-17(25-12)16-15(14)26-16;1-6-7(2)11(22-9(4)20)12(24-13(18)14(15,16)17)23-10(6)5-21-8(3)19;7-3-2-1-8-6(9-2)5-4(3)10-5/h7-8,11-18H,5-6H2,1-4H3;6-7,10-12,18H,5H2,1-4H3;2-7H,1H2/t7-,8?,11?,12?,13-,14+,15+,16?,17+,18-;6-,7?,10?,11-,12?;2?,3-,4-,5?,6-/m001/s1. The van der Waals surface area contributed by atoms with Crippen molar-refractivity contribution in [1.82, 2.24) is 0 Å². The molecule has 8 fully saturated rings. The van der Waals surface area contributed by atoms with Crippen molar-refractivity contribution >= 4 is 64.6 Å². The highest BCUT2D eigenvalue weighted by atomic mass is 35.6. The van der Waals surface area contributed by atoms with Gasteiger partial charge in [-0.1, -0.05) is 62.5 Å². The van der Waals surface area contributed by atoms with Gasteiger partial charge in [-0.25, -0.2) is 0 Å². The summed E-state index contributed by atoms with van der Waals surface area (Å²) in [5.74, 6) is -2.81. The minimum Gasteiger partial charge on any atom is -0.463 e. The van der Waals surface area contributed by atoms with E-state index >= 15 is 0 Å². The molecule has 20 atom stereocenters. The molecule has 2 N–H and O–H groups in total. The molecule has 0 saturated carbocycles. The zero-order valence-electron chi connectivity index (χ0n) is 34.8. The largest absolute Gasteiger partial charge is 0.463 e. The molecule has 8 heterocycles. The Balaban J connectivity index is 0.000000167. The predicted octanol–water partition coefficient (Wildman–Crippen LogP) is 2.10. The quantitative estimate of drug-likeness (QED) is 0.0839. The lowest BCUT2D eigenvalue weighted by atomic mass is 9.83. The maximum absolute atomic E-state index is 11.6. The molecular formula is C38H54Cl3NO19. The third kappa shape index (κ3) is 11.8. The first-order chi connectivity index (χ1) is 28.6. The Hall–Kier alpha value is -2.18. The molecule has 8 rings (SSSR count). The second-order valence-corrected chi connectivity index (χ2v) is 18.5. The molecule has 0 spiro atoms. The Kier molecular flexibility index (Phi) is 15.8. The lowest BCUT2D eigenvalue weighted by molar-refractivity contribution is -0.302. The first-order valence-electron chi connectivity index (χ1n) is 20.1. The summed E-state index contributed by atoms with van der Waals surface area (Å²) in [7, 11) is 0. The number of alkyl halides is 3. The third-order valence-electron chi connectivity index (χ3n) is 11.8. The maximum Gasteiger partial charge on any atom is 0.303 e. The van der Waals surface area contributed by atoms with Crippen molar-refractivity contribution in [2.45, 2.75) is 158 Å². The summed E-state index contributed by atoms with van der Waals surface area (Å²) in [6.45, 7) is 14.0. The van der Waals surface area contributed by atoms with E-state index in [1.54, 1.807) is 0 Å². The summed E-state index contributed by atoms with van der Waals surface area (Å²) >= 11 is 16.8. The van der Waals surface area contributed by atoms with Gasteiger partial charge in [-0.2, -0.15) is 0 Å². The van der Waals surface area contributed by atoms with E-state index in [4.69, 9.17) is 107 Å². The Morgan fingerprint density at radius 1 is 0.590 bits per heavy atom. The van der Waals surface area contributed by atoms with Crippen LogP contribution in [-0.2, 0) is 85.5 Å². The predicted molar refractivity (Wildman–Crippen MR) is 205 cm³/mol. The Bertz CT molecular complexity index is 1600. The van der Waals surface area contributed by atoms with Gasteiger partial charge in [0, 0.05) is 39.5 Å².